The van der Waals surface area contributed by atoms with E-state index in [2.05, 4.69) is 0 Å². The maximum absolute atomic E-state index is 12.0. The van der Waals surface area contributed by atoms with Gasteiger partial charge in [-0.15, -0.1) is 12.4 Å². The third-order valence-corrected chi connectivity index (χ3v) is 3.39. The number of hydrogen-bond donors (Lipinski definition) is 1. The maximum Gasteiger partial charge on any atom is 0.226 e. The molecule has 1 atom stereocenters. The average Bonchev–Trinajstić information content (AvgIpc) is 2.61. The molecule has 2 amide bonds. The average molecular weight is 292 g/mol. The second kappa shape index (κ2) is 8.38. The normalized spacial score (nSPS) is 17.7. The molecule has 1 unspecified atom stereocenters. The quantitative estimate of drug-likeness (QED) is 0.833. The van der Waals surface area contributed by atoms with Crippen molar-refractivity contribution in [3.63, 3.8) is 0 Å². The van der Waals surface area contributed by atoms with Crippen LogP contribution in [0.4, 0.5) is 0 Å². The van der Waals surface area contributed by atoms with Crippen LogP contribution < -0.4 is 5.73 Å². The summed E-state index contributed by atoms with van der Waals surface area (Å²) in [6.07, 6.45) is 0.849. The highest BCUT2D eigenvalue weighted by atomic mass is 35.5. The zero-order valence-electron chi connectivity index (χ0n) is 12.1. The van der Waals surface area contributed by atoms with Crippen molar-refractivity contribution in [3.8, 4) is 0 Å². The Morgan fingerprint density at radius 1 is 1.00 bits per heavy atom. The molecule has 0 saturated carbocycles. The molecular formula is C13H26ClN3O2. The first-order valence-corrected chi connectivity index (χ1v) is 6.75. The van der Waals surface area contributed by atoms with Crippen LogP contribution in [0.3, 0.4) is 0 Å². The van der Waals surface area contributed by atoms with Gasteiger partial charge in [-0.3, -0.25) is 9.59 Å². The second-order valence-corrected chi connectivity index (χ2v) is 5.30. The van der Waals surface area contributed by atoms with Gasteiger partial charge in [-0.2, -0.15) is 0 Å². The van der Waals surface area contributed by atoms with Crippen LogP contribution in [0.1, 0.15) is 27.2 Å². The van der Waals surface area contributed by atoms with Gasteiger partial charge in [0.2, 0.25) is 11.8 Å². The van der Waals surface area contributed by atoms with Crippen molar-refractivity contribution < 1.29 is 9.59 Å². The molecule has 2 N–H and O–H groups in total. The lowest BCUT2D eigenvalue weighted by molar-refractivity contribution is -0.136. The molecule has 1 heterocycles. The van der Waals surface area contributed by atoms with Gasteiger partial charge in [-0.05, 0) is 6.42 Å². The third kappa shape index (κ3) is 4.99. The fraction of sp³-hybridized carbons (Fsp3) is 0.846. The molecule has 6 heteroatoms. The van der Waals surface area contributed by atoms with Gasteiger partial charge in [0.1, 0.15) is 0 Å². The lowest BCUT2D eigenvalue weighted by atomic mass is 10.1. The van der Waals surface area contributed by atoms with E-state index >= 15 is 0 Å². The molecule has 0 radical (unpaired) electrons. The molecule has 0 spiro atoms. The van der Waals surface area contributed by atoms with E-state index in [1.165, 1.54) is 0 Å². The first-order valence-electron chi connectivity index (χ1n) is 6.75. The lowest BCUT2D eigenvalue weighted by Gasteiger charge is -2.25. The number of nitrogens with two attached hydrogens (primary N) is 1. The molecule has 1 saturated heterocycles. The van der Waals surface area contributed by atoms with Crippen molar-refractivity contribution >= 4 is 24.2 Å². The Bertz CT molecular complexity index is 310. The maximum atomic E-state index is 12.0. The Kier molecular flexibility index (Phi) is 8.02. The molecule has 5 nitrogen and oxygen atoms in total. The molecular weight excluding hydrogens is 266 g/mol. The van der Waals surface area contributed by atoms with Gasteiger partial charge in [0.05, 0.1) is 0 Å². The zero-order chi connectivity index (χ0) is 13.7. The van der Waals surface area contributed by atoms with Crippen LogP contribution in [0.2, 0.25) is 0 Å². The van der Waals surface area contributed by atoms with Gasteiger partial charge in [0.25, 0.3) is 0 Å². The van der Waals surface area contributed by atoms with Crippen LogP contribution in [0.25, 0.3) is 0 Å². The van der Waals surface area contributed by atoms with E-state index in [1.807, 2.05) is 30.6 Å². The van der Waals surface area contributed by atoms with Crippen molar-refractivity contribution in [1.29, 1.82) is 0 Å². The number of halogens is 1. The second-order valence-electron chi connectivity index (χ2n) is 5.30. The van der Waals surface area contributed by atoms with Crippen molar-refractivity contribution in [2.45, 2.75) is 27.2 Å². The highest BCUT2D eigenvalue weighted by Gasteiger charge is 2.25. The van der Waals surface area contributed by atoms with Crippen LogP contribution in [-0.4, -0.2) is 54.3 Å². The minimum atomic E-state index is -0.127. The molecule has 19 heavy (non-hydrogen) atoms. The number of hydrogen-bond acceptors (Lipinski definition) is 3. The topological polar surface area (TPSA) is 66.6 Å². The summed E-state index contributed by atoms with van der Waals surface area (Å²) in [5, 5.41) is 0. The fourth-order valence-electron chi connectivity index (χ4n) is 2.14. The molecule has 1 fully saturated rings. The predicted molar refractivity (Wildman–Crippen MR) is 78.1 cm³/mol. The SMILES string of the molecule is CC(C)C(=O)N1CCCN(C(=O)C(C)CN)CC1.Cl. The van der Waals surface area contributed by atoms with Crippen LogP contribution in [0, 0.1) is 11.8 Å². The number of rotatable bonds is 3. The van der Waals surface area contributed by atoms with Crippen molar-refractivity contribution in [3.05, 3.63) is 0 Å². The smallest absolute Gasteiger partial charge is 0.226 e. The Morgan fingerprint density at radius 2 is 1.47 bits per heavy atom. The minimum absolute atomic E-state index is 0. The summed E-state index contributed by atoms with van der Waals surface area (Å²) in [6.45, 7) is 8.79. The Hall–Kier alpha value is -0.810. The van der Waals surface area contributed by atoms with Gasteiger partial charge in [-0.1, -0.05) is 20.8 Å². The van der Waals surface area contributed by atoms with Crippen molar-refractivity contribution in [2.24, 2.45) is 17.6 Å². The van der Waals surface area contributed by atoms with E-state index < -0.39 is 0 Å². The molecule has 0 aromatic rings. The van der Waals surface area contributed by atoms with Gasteiger partial charge in [-0.25, -0.2) is 0 Å². The lowest BCUT2D eigenvalue weighted by Crippen LogP contribution is -2.41. The van der Waals surface area contributed by atoms with Gasteiger partial charge >= 0.3 is 0 Å². The van der Waals surface area contributed by atoms with E-state index in [0.29, 0.717) is 19.6 Å². The van der Waals surface area contributed by atoms with Gasteiger partial charge in [0, 0.05) is 44.6 Å². The monoisotopic (exact) mass is 291 g/mol. The molecule has 1 rings (SSSR count). The molecule has 112 valence electrons. The minimum Gasteiger partial charge on any atom is -0.341 e. The van der Waals surface area contributed by atoms with Crippen LogP contribution >= 0.6 is 12.4 Å². The van der Waals surface area contributed by atoms with E-state index in [-0.39, 0.29) is 36.1 Å². The van der Waals surface area contributed by atoms with Crippen LogP contribution in [0.15, 0.2) is 0 Å². The number of carbonyl (C=O) groups excluding carboxylic acids is 2. The standard InChI is InChI=1S/C13H25N3O2.ClH/c1-10(2)12(17)15-5-4-6-16(8-7-15)13(18)11(3)9-14;/h10-11H,4-9,14H2,1-3H3;1H. The van der Waals surface area contributed by atoms with Crippen LogP contribution in [0.5, 0.6) is 0 Å². The Morgan fingerprint density at radius 3 is 1.89 bits per heavy atom. The van der Waals surface area contributed by atoms with E-state index in [1.54, 1.807) is 0 Å². The summed E-state index contributed by atoms with van der Waals surface area (Å²) in [6, 6.07) is 0. The highest BCUT2D eigenvalue weighted by Crippen LogP contribution is 2.10. The molecule has 1 aliphatic rings. The summed E-state index contributed by atoms with van der Waals surface area (Å²) in [5.41, 5.74) is 5.52. The first kappa shape index (κ1) is 18.2. The third-order valence-electron chi connectivity index (χ3n) is 3.39. The Labute approximate surface area is 121 Å². The van der Waals surface area contributed by atoms with Gasteiger partial charge in [0.15, 0.2) is 0 Å². The summed E-state index contributed by atoms with van der Waals surface area (Å²) in [7, 11) is 0. The highest BCUT2D eigenvalue weighted by molar-refractivity contribution is 5.85. The molecule has 0 aromatic carbocycles. The summed E-state index contributed by atoms with van der Waals surface area (Å²) in [5.74, 6) is 0.181. The summed E-state index contributed by atoms with van der Waals surface area (Å²) < 4.78 is 0. The molecule has 1 aliphatic heterocycles. The number of amides is 2. The zero-order valence-corrected chi connectivity index (χ0v) is 12.9. The number of nitrogens with zero attached hydrogens (tertiary/aromatic N) is 2. The largest absolute Gasteiger partial charge is 0.341 e. The predicted octanol–water partition coefficient (Wildman–Crippen LogP) is 0.720. The van der Waals surface area contributed by atoms with E-state index in [0.717, 1.165) is 19.5 Å². The molecule has 0 aliphatic carbocycles. The summed E-state index contributed by atoms with van der Waals surface area (Å²) >= 11 is 0. The number of carbonyl (C=O) groups is 2. The van der Waals surface area contributed by atoms with Crippen molar-refractivity contribution in [1.82, 2.24) is 9.80 Å². The molecule has 0 bridgehead atoms. The first-order chi connectivity index (χ1) is 8.47. The van der Waals surface area contributed by atoms with Crippen molar-refractivity contribution in [2.75, 3.05) is 32.7 Å². The van der Waals surface area contributed by atoms with E-state index in [9.17, 15) is 9.59 Å². The fourth-order valence-corrected chi connectivity index (χ4v) is 2.14. The summed E-state index contributed by atoms with van der Waals surface area (Å²) in [4.78, 5) is 27.7. The van der Waals surface area contributed by atoms with E-state index in [4.69, 9.17) is 5.73 Å². The molecule has 0 aromatic heterocycles. The van der Waals surface area contributed by atoms with Crippen LogP contribution in [-0.2, 0) is 9.59 Å². The Balaban J connectivity index is 0.00000324. The van der Waals surface area contributed by atoms with Gasteiger partial charge < -0.3 is 15.5 Å².